The molecule has 146 valence electrons. The van der Waals surface area contributed by atoms with Crippen LogP contribution in [-0.4, -0.2) is 6.61 Å². The molecule has 1 saturated carbocycles. The lowest BCUT2D eigenvalue weighted by Gasteiger charge is -2.51. The maximum absolute atomic E-state index is 6.22. The second-order valence-corrected chi connectivity index (χ2v) is 9.18. The van der Waals surface area contributed by atoms with Crippen molar-refractivity contribution in [2.24, 2.45) is 16.7 Å². The molecule has 1 fully saturated rings. The molecule has 0 heterocycles. The largest absolute Gasteiger partial charge is 0.493 e. The highest BCUT2D eigenvalue weighted by atomic mass is 16.5. The Kier molecular flexibility index (Phi) is 6.36. The normalized spacial score (nSPS) is 27.6. The lowest BCUT2D eigenvalue weighted by molar-refractivity contribution is 0.0224. The Bertz CT molecular complexity index is 700. The van der Waals surface area contributed by atoms with Crippen LogP contribution in [0.25, 0.3) is 0 Å². The minimum atomic E-state index is 0.336. The Balaban J connectivity index is 1.60. The number of benzene rings is 1. The van der Waals surface area contributed by atoms with Crippen LogP contribution in [0.2, 0.25) is 0 Å². The van der Waals surface area contributed by atoms with Gasteiger partial charge in [-0.15, -0.1) is 5.92 Å². The molecule has 3 atom stereocenters. The van der Waals surface area contributed by atoms with E-state index in [2.05, 4.69) is 69.0 Å². The fourth-order valence-corrected chi connectivity index (χ4v) is 5.17. The Morgan fingerprint density at radius 3 is 2.63 bits per heavy atom. The SMILES string of the molecule is CC#C[C@@H](CC)c1ccc(OCC2CCCC3(C=CCCC3(C)C)C2)cc1. The van der Waals surface area contributed by atoms with Crippen molar-refractivity contribution < 1.29 is 4.74 Å². The van der Waals surface area contributed by atoms with E-state index < -0.39 is 0 Å². The number of hydrogen-bond acceptors (Lipinski definition) is 1. The third-order valence-corrected chi connectivity index (χ3v) is 7.10. The molecule has 1 aromatic rings. The van der Waals surface area contributed by atoms with Crippen molar-refractivity contribution in [3.63, 3.8) is 0 Å². The smallest absolute Gasteiger partial charge is 0.119 e. The number of rotatable bonds is 5. The number of ether oxygens (including phenoxy) is 1. The average molecular weight is 365 g/mol. The van der Waals surface area contributed by atoms with E-state index in [1.54, 1.807) is 0 Å². The molecule has 3 rings (SSSR count). The van der Waals surface area contributed by atoms with Crippen molar-refractivity contribution in [2.45, 2.75) is 78.6 Å². The van der Waals surface area contributed by atoms with Crippen LogP contribution in [0, 0.1) is 28.6 Å². The predicted octanol–water partition coefficient (Wildman–Crippen LogP) is 7.14. The zero-order chi connectivity index (χ0) is 19.3. The van der Waals surface area contributed by atoms with Gasteiger partial charge in [0.25, 0.3) is 0 Å². The van der Waals surface area contributed by atoms with E-state index in [1.165, 1.54) is 44.1 Å². The summed E-state index contributed by atoms with van der Waals surface area (Å²) >= 11 is 0. The molecular formula is C26H36O. The molecule has 0 aliphatic heterocycles. The van der Waals surface area contributed by atoms with Crippen LogP contribution in [0.3, 0.4) is 0 Å². The summed E-state index contributed by atoms with van der Waals surface area (Å²) in [6.07, 6.45) is 13.8. The van der Waals surface area contributed by atoms with E-state index in [0.717, 1.165) is 18.8 Å². The standard InChI is InChI=1S/C26H36O/c1-5-10-22(6-2)23-12-14-24(15-13-23)27-20-21-11-9-18-26(19-21)17-8-7-16-25(26,3)4/h8,12-15,17,21-22H,6-7,9,11,16,18-20H2,1-4H3/t21?,22-,26?/m1/s1. The predicted molar refractivity (Wildman–Crippen MR) is 115 cm³/mol. The molecule has 0 radical (unpaired) electrons. The minimum Gasteiger partial charge on any atom is -0.493 e. The zero-order valence-electron chi connectivity index (χ0n) is 17.7. The number of allylic oxidation sites excluding steroid dienone is 2. The maximum Gasteiger partial charge on any atom is 0.119 e. The Morgan fingerprint density at radius 1 is 1.19 bits per heavy atom. The Labute approximate surface area is 166 Å². The first-order valence-electron chi connectivity index (χ1n) is 10.8. The quantitative estimate of drug-likeness (QED) is 0.399. The van der Waals surface area contributed by atoms with Gasteiger partial charge < -0.3 is 4.74 Å². The van der Waals surface area contributed by atoms with Crippen LogP contribution < -0.4 is 4.74 Å². The molecular weight excluding hydrogens is 328 g/mol. The van der Waals surface area contributed by atoms with Crippen LogP contribution >= 0.6 is 0 Å². The third kappa shape index (κ3) is 4.43. The van der Waals surface area contributed by atoms with E-state index in [-0.39, 0.29) is 0 Å². The Hall–Kier alpha value is -1.68. The zero-order valence-corrected chi connectivity index (χ0v) is 17.7. The van der Waals surface area contributed by atoms with Gasteiger partial charge in [0.2, 0.25) is 0 Å². The molecule has 0 aromatic heterocycles. The van der Waals surface area contributed by atoms with Crippen molar-refractivity contribution in [1.29, 1.82) is 0 Å². The molecule has 1 spiro atoms. The highest BCUT2D eigenvalue weighted by Gasteiger charge is 2.46. The summed E-state index contributed by atoms with van der Waals surface area (Å²) in [5.74, 6) is 8.34. The van der Waals surface area contributed by atoms with Gasteiger partial charge in [0.05, 0.1) is 6.61 Å². The molecule has 1 nitrogen and oxygen atoms in total. The van der Waals surface area contributed by atoms with Gasteiger partial charge in [-0.25, -0.2) is 0 Å². The van der Waals surface area contributed by atoms with Gasteiger partial charge in [0, 0.05) is 5.92 Å². The van der Waals surface area contributed by atoms with Gasteiger partial charge in [0.1, 0.15) is 5.75 Å². The van der Waals surface area contributed by atoms with Gasteiger partial charge in [0.15, 0.2) is 0 Å². The molecule has 27 heavy (non-hydrogen) atoms. The summed E-state index contributed by atoms with van der Waals surface area (Å²) < 4.78 is 6.22. The molecule has 0 N–H and O–H groups in total. The summed E-state index contributed by atoms with van der Waals surface area (Å²) in [6, 6.07) is 8.61. The van der Waals surface area contributed by atoms with Crippen LogP contribution in [0.4, 0.5) is 0 Å². The van der Waals surface area contributed by atoms with E-state index in [9.17, 15) is 0 Å². The van der Waals surface area contributed by atoms with Crippen LogP contribution in [0.15, 0.2) is 36.4 Å². The van der Waals surface area contributed by atoms with Crippen molar-refractivity contribution >= 4 is 0 Å². The highest BCUT2D eigenvalue weighted by molar-refractivity contribution is 5.33. The van der Waals surface area contributed by atoms with E-state index in [1.807, 2.05) is 6.92 Å². The van der Waals surface area contributed by atoms with Gasteiger partial charge in [-0.1, -0.05) is 57.4 Å². The van der Waals surface area contributed by atoms with E-state index in [4.69, 9.17) is 4.74 Å². The summed E-state index contributed by atoms with van der Waals surface area (Å²) in [4.78, 5) is 0. The first kappa shape index (κ1) is 20.1. The highest BCUT2D eigenvalue weighted by Crippen LogP contribution is 2.56. The van der Waals surface area contributed by atoms with Gasteiger partial charge in [-0.3, -0.25) is 0 Å². The summed E-state index contributed by atoms with van der Waals surface area (Å²) in [5.41, 5.74) is 2.09. The second-order valence-electron chi connectivity index (χ2n) is 9.18. The van der Waals surface area contributed by atoms with E-state index in [0.29, 0.717) is 22.7 Å². The summed E-state index contributed by atoms with van der Waals surface area (Å²) in [6.45, 7) is 9.90. The summed E-state index contributed by atoms with van der Waals surface area (Å²) in [5, 5.41) is 0. The first-order chi connectivity index (χ1) is 13.0. The molecule has 1 heteroatoms. The van der Waals surface area contributed by atoms with Crippen molar-refractivity contribution in [1.82, 2.24) is 0 Å². The monoisotopic (exact) mass is 364 g/mol. The fourth-order valence-electron chi connectivity index (χ4n) is 5.17. The Morgan fingerprint density at radius 2 is 1.96 bits per heavy atom. The first-order valence-corrected chi connectivity index (χ1v) is 10.8. The fraction of sp³-hybridized carbons (Fsp3) is 0.615. The molecule has 0 bridgehead atoms. The lowest BCUT2D eigenvalue weighted by Crippen LogP contribution is -2.42. The lowest BCUT2D eigenvalue weighted by atomic mass is 9.53. The molecule has 2 aliphatic rings. The topological polar surface area (TPSA) is 9.23 Å². The van der Waals surface area contributed by atoms with Crippen molar-refractivity contribution in [2.75, 3.05) is 6.61 Å². The molecule has 0 saturated heterocycles. The van der Waals surface area contributed by atoms with Crippen LogP contribution in [-0.2, 0) is 0 Å². The molecule has 0 amide bonds. The average Bonchev–Trinajstić information content (AvgIpc) is 2.68. The molecule has 2 aliphatic carbocycles. The molecule has 2 unspecified atom stereocenters. The van der Waals surface area contributed by atoms with Crippen LogP contribution in [0.1, 0.15) is 84.1 Å². The van der Waals surface area contributed by atoms with Gasteiger partial charge in [-0.2, -0.15) is 0 Å². The van der Waals surface area contributed by atoms with Gasteiger partial charge >= 0.3 is 0 Å². The van der Waals surface area contributed by atoms with Gasteiger partial charge in [-0.05, 0) is 79.9 Å². The minimum absolute atomic E-state index is 0.336. The second kappa shape index (κ2) is 8.55. The third-order valence-electron chi connectivity index (χ3n) is 7.10. The number of hydrogen-bond donors (Lipinski definition) is 0. The van der Waals surface area contributed by atoms with Crippen molar-refractivity contribution in [3.05, 3.63) is 42.0 Å². The van der Waals surface area contributed by atoms with E-state index >= 15 is 0 Å². The maximum atomic E-state index is 6.22. The van der Waals surface area contributed by atoms with Crippen molar-refractivity contribution in [3.8, 4) is 17.6 Å². The van der Waals surface area contributed by atoms with Crippen LogP contribution in [0.5, 0.6) is 5.75 Å². The molecule has 1 aromatic carbocycles. The summed E-state index contributed by atoms with van der Waals surface area (Å²) in [7, 11) is 0.